The number of para-hydroxylation sites is 1. The highest BCUT2D eigenvalue weighted by Crippen LogP contribution is 2.30. The third-order valence-corrected chi connectivity index (χ3v) is 2.71. The van der Waals surface area contributed by atoms with Gasteiger partial charge < -0.3 is 4.74 Å². The molecule has 0 radical (unpaired) electrons. The van der Waals surface area contributed by atoms with Gasteiger partial charge in [0.2, 0.25) is 0 Å². The summed E-state index contributed by atoms with van der Waals surface area (Å²) in [5, 5.41) is 0. The molecule has 0 heterocycles. The van der Waals surface area contributed by atoms with E-state index in [1.54, 1.807) is 0 Å². The van der Waals surface area contributed by atoms with Crippen LogP contribution in [0.2, 0.25) is 0 Å². The van der Waals surface area contributed by atoms with E-state index < -0.39 is 5.82 Å². The summed E-state index contributed by atoms with van der Waals surface area (Å²) in [7, 11) is 0. The van der Waals surface area contributed by atoms with Crippen LogP contribution in [0, 0.1) is 19.7 Å². The normalized spacial score (nSPS) is 10.2. The van der Waals surface area contributed by atoms with Crippen molar-refractivity contribution in [3.63, 3.8) is 0 Å². The highest BCUT2D eigenvalue weighted by Gasteiger charge is 2.09. The lowest BCUT2D eigenvalue weighted by molar-refractivity contribution is 0.112. The van der Waals surface area contributed by atoms with Crippen molar-refractivity contribution in [1.29, 1.82) is 0 Å². The maximum Gasteiger partial charge on any atom is 0.166 e. The van der Waals surface area contributed by atoms with Crippen LogP contribution in [0.25, 0.3) is 0 Å². The van der Waals surface area contributed by atoms with Gasteiger partial charge >= 0.3 is 0 Å². The van der Waals surface area contributed by atoms with Crippen molar-refractivity contribution in [3.8, 4) is 11.5 Å². The molecule has 0 saturated heterocycles. The first kappa shape index (κ1) is 12.3. The van der Waals surface area contributed by atoms with E-state index in [1.807, 2.05) is 32.0 Å². The van der Waals surface area contributed by atoms with Gasteiger partial charge in [0, 0.05) is 5.56 Å². The van der Waals surface area contributed by atoms with Gasteiger partial charge in [-0.05, 0) is 43.2 Å². The van der Waals surface area contributed by atoms with Crippen LogP contribution >= 0.6 is 0 Å². The third kappa shape index (κ3) is 2.40. The number of aldehydes is 1. The molecule has 0 N–H and O–H groups in total. The lowest BCUT2D eigenvalue weighted by Gasteiger charge is -2.12. The van der Waals surface area contributed by atoms with Crippen molar-refractivity contribution in [1.82, 2.24) is 0 Å². The Balaban J connectivity index is 2.37. The zero-order chi connectivity index (χ0) is 13.1. The topological polar surface area (TPSA) is 26.3 Å². The Kier molecular flexibility index (Phi) is 3.42. The fraction of sp³-hybridized carbons (Fsp3) is 0.133. The predicted octanol–water partition coefficient (Wildman–Crippen LogP) is 4.05. The second kappa shape index (κ2) is 5.00. The third-order valence-electron chi connectivity index (χ3n) is 2.71. The van der Waals surface area contributed by atoms with E-state index in [9.17, 15) is 9.18 Å². The van der Waals surface area contributed by atoms with Crippen molar-refractivity contribution in [2.24, 2.45) is 0 Å². The summed E-state index contributed by atoms with van der Waals surface area (Å²) < 4.78 is 19.3. The second-order valence-electron chi connectivity index (χ2n) is 4.13. The number of hydrogen-bond donors (Lipinski definition) is 0. The van der Waals surface area contributed by atoms with E-state index in [-0.39, 0.29) is 5.75 Å². The van der Waals surface area contributed by atoms with E-state index in [1.165, 1.54) is 12.1 Å². The maximum atomic E-state index is 13.7. The van der Waals surface area contributed by atoms with Gasteiger partial charge in [-0.15, -0.1) is 0 Å². The molecule has 0 unspecified atom stereocenters. The molecule has 2 aromatic rings. The van der Waals surface area contributed by atoms with Crippen molar-refractivity contribution in [2.75, 3.05) is 0 Å². The van der Waals surface area contributed by atoms with Crippen LogP contribution < -0.4 is 4.74 Å². The van der Waals surface area contributed by atoms with Gasteiger partial charge in [-0.3, -0.25) is 4.79 Å². The Morgan fingerprint density at radius 1 is 1.11 bits per heavy atom. The van der Waals surface area contributed by atoms with Crippen molar-refractivity contribution in [3.05, 3.63) is 58.9 Å². The maximum absolute atomic E-state index is 13.7. The molecular formula is C15H13FO2. The SMILES string of the molecule is Cc1cccc(C)c1Oc1ccc(C=O)cc1F. The predicted molar refractivity (Wildman–Crippen MR) is 67.8 cm³/mol. The summed E-state index contributed by atoms with van der Waals surface area (Å²) in [6.45, 7) is 3.81. The minimum Gasteiger partial charge on any atom is -0.454 e. The van der Waals surface area contributed by atoms with Gasteiger partial charge in [0.1, 0.15) is 12.0 Å². The lowest BCUT2D eigenvalue weighted by atomic mass is 10.1. The number of carbonyl (C=O) groups excluding carboxylic acids is 1. The summed E-state index contributed by atoms with van der Waals surface area (Å²) in [4.78, 5) is 10.5. The molecule has 0 aromatic heterocycles. The van der Waals surface area contributed by atoms with E-state index in [0.29, 0.717) is 17.6 Å². The number of hydrogen-bond acceptors (Lipinski definition) is 2. The molecule has 0 aliphatic carbocycles. The molecule has 0 amide bonds. The van der Waals surface area contributed by atoms with Gasteiger partial charge in [-0.2, -0.15) is 0 Å². The minimum atomic E-state index is -0.540. The second-order valence-corrected chi connectivity index (χ2v) is 4.13. The van der Waals surface area contributed by atoms with Gasteiger partial charge in [-0.25, -0.2) is 4.39 Å². The molecule has 2 rings (SSSR count). The summed E-state index contributed by atoms with van der Waals surface area (Å²) in [6, 6.07) is 9.88. The summed E-state index contributed by atoms with van der Waals surface area (Å²) in [5.41, 5.74) is 2.17. The van der Waals surface area contributed by atoms with Crippen LogP contribution in [-0.4, -0.2) is 6.29 Å². The molecule has 0 atom stereocenters. The molecule has 0 aliphatic rings. The van der Waals surface area contributed by atoms with Gasteiger partial charge in [0.25, 0.3) is 0 Å². The molecule has 0 fully saturated rings. The van der Waals surface area contributed by atoms with Crippen molar-refractivity contribution in [2.45, 2.75) is 13.8 Å². The quantitative estimate of drug-likeness (QED) is 0.761. The average molecular weight is 244 g/mol. The number of benzene rings is 2. The molecule has 0 bridgehead atoms. The fourth-order valence-corrected chi connectivity index (χ4v) is 1.74. The van der Waals surface area contributed by atoms with Gasteiger partial charge in [0.05, 0.1) is 0 Å². The van der Waals surface area contributed by atoms with Crippen molar-refractivity contribution >= 4 is 6.29 Å². The Hall–Kier alpha value is -2.16. The van der Waals surface area contributed by atoms with E-state index >= 15 is 0 Å². The van der Waals surface area contributed by atoms with E-state index in [4.69, 9.17) is 4.74 Å². The number of aryl methyl sites for hydroxylation is 2. The average Bonchev–Trinajstić information content (AvgIpc) is 2.35. The summed E-state index contributed by atoms with van der Waals surface area (Å²) >= 11 is 0. The highest BCUT2D eigenvalue weighted by atomic mass is 19.1. The van der Waals surface area contributed by atoms with E-state index in [2.05, 4.69) is 0 Å². The Morgan fingerprint density at radius 2 is 1.78 bits per heavy atom. The number of ether oxygens (including phenoxy) is 1. The monoisotopic (exact) mass is 244 g/mol. The van der Waals surface area contributed by atoms with Crippen molar-refractivity contribution < 1.29 is 13.9 Å². The molecule has 3 heteroatoms. The molecule has 0 saturated carbocycles. The first-order valence-electron chi connectivity index (χ1n) is 5.60. The first-order valence-corrected chi connectivity index (χ1v) is 5.60. The first-order chi connectivity index (χ1) is 8.61. The number of halogens is 1. The minimum absolute atomic E-state index is 0.123. The van der Waals surface area contributed by atoms with Crippen LogP contribution in [0.4, 0.5) is 4.39 Å². The highest BCUT2D eigenvalue weighted by molar-refractivity contribution is 5.75. The molecule has 92 valence electrons. The van der Waals surface area contributed by atoms with E-state index in [0.717, 1.165) is 17.2 Å². The summed E-state index contributed by atoms with van der Waals surface area (Å²) in [5.74, 6) is 0.232. The Bertz CT molecular complexity index is 571. The molecule has 2 aromatic carbocycles. The van der Waals surface area contributed by atoms with Gasteiger partial charge in [-0.1, -0.05) is 18.2 Å². The lowest BCUT2D eigenvalue weighted by Crippen LogP contribution is -1.94. The molecule has 18 heavy (non-hydrogen) atoms. The zero-order valence-corrected chi connectivity index (χ0v) is 10.2. The molecule has 0 aliphatic heterocycles. The van der Waals surface area contributed by atoms with Crippen LogP contribution in [-0.2, 0) is 0 Å². The molecule has 0 spiro atoms. The van der Waals surface area contributed by atoms with Crippen LogP contribution in [0.15, 0.2) is 36.4 Å². The Labute approximate surface area is 105 Å². The zero-order valence-electron chi connectivity index (χ0n) is 10.2. The number of carbonyl (C=O) groups is 1. The standard InChI is InChI=1S/C15H13FO2/c1-10-4-3-5-11(2)15(10)18-14-7-6-12(9-17)8-13(14)16/h3-9H,1-2H3. The molecular weight excluding hydrogens is 231 g/mol. The largest absolute Gasteiger partial charge is 0.454 e. The smallest absolute Gasteiger partial charge is 0.166 e. The van der Waals surface area contributed by atoms with Crippen LogP contribution in [0.3, 0.4) is 0 Å². The summed E-state index contributed by atoms with van der Waals surface area (Å²) in [6.07, 6.45) is 0.603. The van der Waals surface area contributed by atoms with Crippen LogP contribution in [0.5, 0.6) is 11.5 Å². The fourth-order valence-electron chi connectivity index (χ4n) is 1.74. The number of rotatable bonds is 3. The van der Waals surface area contributed by atoms with Gasteiger partial charge in [0.15, 0.2) is 11.6 Å². The molecule has 2 nitrogen and oxygen atoms in total. The van der Waals surface area contributed by atoms with Crippen LogP contribution in [0.1, 0.15) is 21.5 Å². The Morgan fingerprint density at radius 3 is 2.33 bits per heavy atom.